The number of nitro groups is 1. The lowest BCUT2D eigenvalue weighted by Crippen LogP contribution is -1.92. The molecule has 72 valence electrons. The maximum absolute atomic E-state index is 10.7. The van der Waals surface area contributed by atoms with Crippen LogP contribution in [-0.2, 0) is 7.05 Å². The molecule has 0 bridgehead atoms. The number of benzene rings is 1. The second-order valence-electron chi connectivity index (χ2n) is 2.84. The van der Waals surface area contributed by atoms with Crippen molar-refractivity contribution in [1.29, 1.82) is 0 Å². The predicted molar refractivity (Wildman–Crippen MR) is 55.1 cm³/mol. The Morgan fingerprint density at radius 2 is 2.29 bits per heavy atom. The van der Waals surface area contributed by atoms with Crippen molar-refractivity contribution in [3.05, 3.63) is 32.8 Å². The van der Waals surface area contributed by atoms with E-state index in [0.29, 0.717) is 9.86 Å². The molecule has 0 unspecified atom stereocenters. The van der Waals surface area contributed by atoms with Crippen molar-refractivity contribution in [2.45, 2.75) is 0 Å². The first-order chi connectivity index (χ1) is 6.61. The number of rotatable bonds is 1. The zero-order valence-corrected chi connectivity index (χ0v) is 8.85. The Morgan fingerprint density at radius 3 is 2.93 bits per heavy atom. The fraction of sp³-hybridized carbons (Fsp3) is 0.125. The van der Waals surface area contributed by atoms with Crippen LogP contribution in [-0.4, -0.2) is 14.7 Å². The largest absolute Gasteiger partial charge is 0.398 e. The Labute approximate surface area is 87.6 Å². The summed E-state index contributed by atoms with van der Waals surface area (Å²) in [6, 6.07) is 5.37. The number of fused-ring (bicyclic) bond motifs is 1. The number of aromatic nitrogens is 2. The van der Waals surface area contributed by atoms with Crippen LogP contribution in [0.1, 0.15) is 0 Å². The molecule has 0 aliphatic carbocycles. The van der Waals surface area contributed by atoms with E-state index in [4.69, 9.17) is 0 Å². The van der Waals surface area contributed by atoms with Crippen LogP contribution in [0.4, 0.5) is 5.82 Å². The van der Waals surface area contributed by atoms with Gasteiger partial charge in [0.2, 0.25) is 0 Å². The highest BCUT2D eigenvalue weighted by molar-refractivity contribution is 9.10. The summed E-state index contributed by atoms with van der Waals surface area (Å²) in [5, 5.41) is 15.1. The van der Waals surface area contributed by atoms with Crippen LogP contribution in [0, 0.1) is 10.1 Å². The molecule has 0 atom stereocenters. The van der Waals surface area contributed by atoms with E-state index < -0.39 is 4.92 Å². The Morgan fingerprint density at radius 1 is 1.57 bits per heavy atom. The first-order valence-corrected chi connectivity index (χ1v) is 4.66. The summed E-state index contributed by atoms with van der Waals surface area (Å²) in [6.07, 6.45) is 0. The van der Waals surface area contributed by atoms with Crippen LogP contribution >= 0.6 is 15.9 Å². The van der Waals surface area contributed by atoms with Crippen LogP contribution < -0.4 is 0 Å². The number of aryl methyl sites for hydroxylation is 1. The average molecular weight is 256 g/mol. The fourth-order valence-electron chi connectivity index (χ4n) is 1.38. The van der Waals surface area contributed by atoms with Gasteiger partial charge in [-0.2, -0.15) is 4.68 Å². The van der Waals surface area contributed by atoms with Gasteiger partial charge in [0, 0.05) is 4.47 Å². The average Bonchev–Trinajstić information content (AvgIpc) is 2.46. The van der Waals surface area contributed by atoms with Gasteiger partial charge in [0.15, 0.2) is 0 Å². The fourth-order valence-corrected chi connectivity index (χ4v) is 1.91. The van der Waals surface area contributed by atoms with E-state index in [1.165, 1.54) is 4.68 Å². The highest BCUT2D eigenvalue weighted by Gasteiger charge is 2.21. The topological polar surface area (TPSA) is 61.0 Å². The van der Waals surface area contributed by atoms with Crippen molar-refractivity contribution in [3.63, 3.8) is 0 Å². The standard InChI is InChI=1S/C8H6BrN3O2/c1-11-6-4-2-3-5(9)7(6)8(10-11)12(13)14/h2-4H,1H3. The first kappa shape index (κ1) is 9.14. The molecule has 0 aliphatic rings. The van der Waals surface area contributed by atoms with Crippen LogP contribution in [0.2, 0.25) is 0 Å². The number of nitrogens with zero attached hydrogens (tertiary/aromatic N) is 3. The third-order valence-electron chi connectivity index (χ3n) is 1.98. The van der Waals surface area contributed by atoms with E-state index >= 15 is 0 Å². The van der Waals surface area contributed by atoms with Crippen LogP contribution in [0.5, 0.6) is 0 Å². The zero-order valence-electron chi connectivity index (χ0n) is 7.27. The van der Waals surface area contributed by atoms with Gasteiger partial charge in [-0.25, -0.2) is 0 Å². The van der Waals surface area contributed by atoms with Gasteiger partial charge in [-0.15, -0.1) is 0 Å². The lowest BCUT2D eigenvalue weighted by molar-refractivity contribution is -0.388. The highest BCUT2D eigenvalue weighted by atomic mass is 79.9. The summed E-state index contributed by atoms with van der Waals surface area (Å²) in [4.78, 5) is 10.2. The molecule has 0 saturated carbocycles. The van der Waals surface area contributed by atoms with Gasteiger partial charge in [0.05, 0.1) is 17.7 Å². The van der Waals surface area contributed by atoms with Crippen LogP contribution in [0.15, 0.2) is 22.7 Å². The molecule has 14 heavy (non-hydrogen) atoms. The van der Waals surface area contributed by atoms with Crippen molar-refractivity contribution in [3.8, 4) is 0 Å². The molecule has 5 nitrogen and oxygen atoms in total. The van der Waals surface area contributed by atoms with E-state index in [9.17, 15) is 10.1 Å². The molecular formula is C8H6BrN3O2. The van der Waals surface area contributed by atoms with Crippen molar-refractivity contribution in [2.75, 3.05) is 0 Å². The summed E-state index contributed by atoms with van der Waals surface area (Å²) < 4.78 is 2.19. The van der Waals surface area contributed by atoms with Crippen molar-refractivity contribution in [2.24, 2.45) is 7.05 Å². The summed E-state index contributed by atoms with van der Waals surface area (Å²) in [5.74, 6) is -0.116. The molecule has 0 saturated heterocycles. The molecule has 2 aromatic rings. The molecule has 1 aromatic carbocycles. The summed E-state index contributed by atoms with van der Waals surface area (Å²) in [7, 11) is 1.68. The Bertz CT molecular complexity index is 521. The Balaban J connectivity index is 2.93. The van der Waals surface area contributed by atoms with E-state index in [2.05, 4.69) is 21.0 Å². The van der Waals surface area contributed by atoms with Crippen LogP contribution in [0.25, 0.3) is 10.9 Å². The minimum atomic E-state index is -0.479. The summed E-state index contributed by atoms with van der Waals surface area (Å²) in [5.41, 5.74) is 0.742. The monoisotopic (exact) mass is 255 g/mol. The third-order valence-corrected chi connectivity index (χ3v) is 2.64. The predicted octanol–water partition coefficient (Wildman–Crippen LogP) is 2.24. The first-order valence-electron chi connectivity index (χ1n) is 3.87. The molecule has 1 heterocycles. The number of hydrogen-bond acceptors (Lipinski definition) is 3. The SMILES string of the molecule is Cn1nc([N+](=O)[O-])c2c(Br)cccc21. The molecule has 0 fully saturated rings. The highest BCUT2D eigenvalue weighted by Crippen LogP contribution is 2.30. The van der Waals surface area contributed by atoms with Crippen molar-refractivity contribution < 1.29 is 4.92 Å². The van der Waals surface area contributed by atoms with E-state index in [1.54, 1.807) is 19.2 Å². The lowest BCUT2D eigenvalue weighted by Gasteiger charge is -1.92. The number of hydrogen-bond donors (Lipinski definition) is 0. The third kappa shape index (κ3) is 1.19. The second kappa shape index (κ2) is 3.06. The van der Waals surface area contributed by atoms with Gasteiger partial charge >= 0.3 is 5.82 Å². The summed E-state index contributed by atoms with van der Waals surface area (Å²) in [6.45, 7) is 0. The quantitative estimate of drug-likeness (QED) is 0.580. The Kier molecular flexibility index (Phi) is 1.99. The molecule has 0 N–H and O–H groups in total. The number of halogens is 1. The molecule has 2 rings (SSSR count). The van der Waals surface area contributed by atoms with Gasteiger partial charge < -0.3 is 10.1 Å². The smallest absolute Gasteiger partial charge is 0.358 e. The van der Waals surface area contributed by atoms with Crippen molar-refractivity contribution >= 4 is 32.7 Å². The minimum Gasteiger partial charge on any atom is -0.358 e. The minimum absolute atomic E-state index is 0.116. The molecule has 6 heteroatoms. The molecular weight excluding hydrogens is 250 g/mol. The van der Waals surface area contributed by atoms with E-state index in [0.717, 1.165) is 5.52 Å². The Hall–Kier alpha value is -1.43. The lowest BCUT2D eigenvalue weighted by atomic mass is 10.2. The van der Waals surface area contributed by atoms with Crippen LogP contribution in [0.3, 0.4) is 0 Å². The second-order valence-corrected chi connectivity index (χ2v) is 3.69. The van der Waals surface area contributed by atoms with E-state index in [-0.39, 0.29) is 5.82 Å². The van der Waals surface area contributed by atoms with Gasteiger partial charge in [-0.1, -0.05) is 6.07 Å². The molecule has 0 aliphatic heterocycles. The van der Waals surface area contributed by atoms with E-state index in [1.807, 2.05) is 6.07 Å². The van der Waals surface area contributed by atoms with Gasteiger partial charge in [-0.05, 0) is 33.0 Å². The maximum Gasteiger partial charge on any atom is 0.398 e. The van der Waals surface area contributed by atoms with Gasteiger partial charge in [0.25, 0.3) is 0 Å². The molecule has 0 amide bonds. The molecule has 1 aromatic heterocycles. The molecule has 0 spiro atoms. The summed E-state index contributed by atoms with van der Waals surface area (Å²) >= 11 is 3.27. The van der Waals surface area contributed by atoms with Gasteiger partial charge in [0.1, 0.15) is 5.39 Å². The zero-order chi connectivity index (χ0) is 10.3. The maximum atomic E-state index is 10.7. The normalized spacial score (nSPS) is 10.7. The van der Waals surface area contributed by atoms with Crippen molar-refractivity contribution in [1.82, 2.24) is 9.78 Å². The molecule has 0 radical (unpaired) electrons. The van der Waals surface area contributed by atoms with Gasteiger partial charge in [-0.3, -0.25) is 0 Å².